The maximum atomic E-state index is 12.0. The maximum Gasteiger partial charge on any atom is 0.232 e. The van der Waals surface area contributed by atoms with Crippen LogP contribution in [0.5, 0.6) is 0 Å². The molecular weight excluding hydrogens is 308 g/mol. The second-order valence-corrected chi connectivity index (χ2v) is 6.18. The van der Waals surface area contributed by atoms with E-state index in [0.717, 1.165) is 5.69 Å². The molecule has 1 N–H and O–H groups in total. The van der Waals surface area contributed by atoms with Crippen LogP contribution in [-0.4, -0.2) is 39.4 Å². The highest BCUT2D eigenvalue weighted by Gasteiger charge is 2.35. The Morgan fingerprint density at radius 1 is 1.38 bits per heavy atom. The zero-order valence-electron chi connectivity index (χ0n) is 13.7. The number of carbonyl (C=O) groups excluding carboxylic acids is 2. The van der Waals surface area contributed by atoms with Crippen LogP contribution < -0.4 is 5.32 Å². The minimum atomic E-state index is -0.208. The first-order valence-electron chi connectivity index (χ1n) is 8.00. The molecule has 1 aromatic heterocycles. The largest absolute Gasteiger partial charge is 0.339 e. The lowest BCUT2D eigenvalue weighted by Crippen LogP contribution is -2.31. The van der Waals surface area contributed by atoms with Crippen molar-refractivity contribution in [1.29, 1.82) is 0 Å². The van der Waals surface area contributed by atoms with Gasteiger partial charge in [-0.15, -0.1) is 0 Å². The van der Waals surface area contributed by atoms with E-state index >= 15 is 0 Å². The second-order valence-electron chi connectivity index (χ2n) is 6.18. The van der Waals surface area contributed by atoms with E-state index in [-0.39, 0.29) is 30.2 Å². The molecule has 0 radical (unpaired) electrons. The zero-order chi connectivity index (χ0) is 17.1. The first-order chi connectivity index (χ1) is 11.5. The number of amides is 2. The number of likely N-dealkylation sites (tertiary alicyclic amines) is 1. The fourth-order valence-electron chi connectivity index (χ4n) is 2.77. The molecular formula is C17H20N4O3. The lowest BCUT2D eigenvalue weighted by atomic mass is 10.1. The molecule has 0 bridgehead atoms. The molecule has 24 heavy (non-hydrogen) atoms. The minimum absolute atomic E-state index is 0.0347. The third kappa shape index (κ3) is 3.61. The highest BCUT2D eigenvalue weighted by atomic mass is 16.5. The number of carbonyl (C=O) groups is 2. The van der Waals surface area contributed by atoms with Crippen molar-refractivity contribution in [2.24, 2.45) is 0 Å². The molecule has 2 aromatic rings. The van der Waals surface area contributed by atoms with E-state index in [1.165, 1.54) is 0 Å². The zero-order valence-corrected chi connectivity index (χ0v) is 13.7. The van der Waals surface area contributed by atoms with Gasteiger partial charge in [0.15, 0.2) is 5.82 Å². The van der Waals surface area contributed by atoms with Gasteiger partial charge < -0.3 is 14.7 Å². The number of para-hydroxylation sites is 1. The first-order valence-corrected chi connectivity index (χ1v) is 8.00. The summed E-state index contributed by atoms with van der Waals surface area (Å²) in [7, 11) is 0. The summed E-state index contributed by atoms with van der Waals surface area (Å²) in [5.41, 5.74) is 0.722. The number of hydrogen-bond donors (Lipinski definition) is 1. The third-order valence-corrected chi connectivity index (χ3v) is 3.99. The smallest absolute Gasteiger partial charge is 0.232 e. The summed E-state index contributed by atoms with van der Waals surface area (Å²) < 4.78 is 5.26. The number of nitrogens with zero attached hydrogens (tertiary/aromatic N) is 3. The van der Waals surface area contributed by atoms with Crippen molar-refractivity contribution in [3.8, 4) is 0 Å². The molecule has 1 aliphatic heterocycles. The molecule has 2 amide bonds. The molecule has 126 valence electrons. The summed E-state index contributed by atoms with van der Waals surface area (Å²) in [4.78, 5) is 30.1. The predicted octanol–water partition coefficient (Wildman–Crippen LogP) is 1.98. The molecule has 1 saturated heterocycles. The summed E-state index contributed by atoms with van der Waals surface area (Å²) >= 11 is 0. The Bertz CT molecular complexity index is 726. The highest BCUT2D eigenvalue weighted by Crippen LogP contribution is 2.28. The van der Waals surface area contributed by atoms with Gasteiger partial charge in [0.25, 0.3) is 0 Å². The summed E-state index contributed by atoms with van der Waals surface area (Å²) in [5.74, 6) is 0.539. The van der Waals surface area contributed by atoms with Gasteiger partial charge in [0, 0.05) is 24.7 Å². The van der Waals surface area contributed by atoms with Crippen LogP contribution in [0.25, 0.3) is 0 Å². The molecule has 7 heteroatoms. The van der Waals surface area contributed by atoms with Gasteiger partial charge in [-0.1, -0.05) is 23.4 Å². The molecule has 1 unspecified atom stereocenters. The normalized spacial score (nSPS) is 17.5. The average molecular weight is 328 g/mol. The van der Waals surface area contributed by atoms with E-state index < -0.39 is 0 Å². The van der Waals surface area contributed by atoms with Gasteiger partial charge in [0.05, 0.1) is 12.3 Å². The molecule has 1 aromatic carbocycles. The van der Waals surface area contributed by atoms with Crippen molar-refractivity contribution in [2.45, 2.75) is 38.6 Å². The van der Waals surface area contributed by atoms with E-state index in [0.29, 0.717) is 24.7 Å². The van der Waals surface area contributed by atoms with E-state index in [2.05, 4.69) is 15.5 Å². The van der Waals surface area contributed by atoms with Crippen molar-refractivity contribution >= 4 is 17.5 Å². The molecule has 0 aliphatic carbocycles. The van der Waals surface area contributed by atoms with Crippen LogP contribution in [-0.2, 0) is 16.0 Å². The molecule has 1 fully saturated rings. The Labute approximate surface area is 140 Å². The predicted molar refractivity (Wildman–Crippen MR) is 87.3 cm³/mol. The number of anilines is 1. The Hall–Kier alpha value is -2.70. The van der Waals surface area contributed by atoms with Crippen molar-refractivity contribution in [1.82, 2.24) is 15.0 Å². The quantitative estimate of drug-likeness (QED) is 0.906. The van der Waals surface area contributed by atoms with Crippen LogP contribution in [0.3, 0.4) is 0 Å². The number of rotatable bonds is 5. The molecule has 1 atom stereocenters. The van der Waals surface area contributed by atoms with Crippen molar-refractivity contribution < 1.29 is 14.1 Å². The van der Waals surface area contributed by atoms with Gasteiger partial charge in [-0.2, -0.15) is 4.98 Å². The standard InChI is InChI=1S/C17H20N4O3/c1-11(2)21-10-12(8-16(21)23)17-19-14(20-24-17)9-15(22)18-13-6-4-3-5-7-13/h3-7,11-12H,8-10H2,1-2H3,(H,18,22). The number of benzene rings is 1. The Morgan fingerprint density at radius 2 is 2.12 bits per heavy atom. The molecule has 0 spiro atoms. The van der Waals surface area contributed by atoms with Gasteiger partial charge >= 0.3 is 0 Å². The molecule has 0 saturated carbocycles. The van der Waals surface area contributed by atoms with E-state index in [1.807, 2.05) is 44.2 Å². The van der Waals surface area contributed by atoms with Gasteiger partial charge in [0.1, 0.15) is 0 Å². The SMILES string of the molecule is CC(C)N1CC(c2nc(CC(=O)Nc3ccccc3)no2)CC1=O. The maximum absolute atomic E-state index is 12.0. The second kappa shape index (κ2) is 6.82. The first kappa shape index (κ1) is 16.2. The number of hydrogen-bond acceptors (Lipinski definition) is 5. The third-order valence-electron chi connectivity index (χ3n) is 3.99. The highest BCUT2D eigenvalue weighted by molar-refractivity contribution is 5.91. The molecule has 7 nitrogen and oxygen atoms in total. The summed E-state index contributed by atoms with van der Waals surface area (Å²) in [5, 5.41) is 6.64. The molecule has 3 rings (SSSR count). The fourth-order valence-corrected chi connectivity index (χ4v) is 2.77. The fraction of sp³-hybridized carbons (Fsp3) is 0.412. The number of aromatic nitrogens is 2. The van der Waals surface area contributed by atoms with Crippen LogP contribution in [0.1, 0.15) is 37.9 Å². The van der Waals surface area contributed by atoms with Gasteiger partial charge in [-0.05, 0) is 26.0 Å². The van der Waals surface area contributed by atoms with Gasteiger partial charge in [-0.3, -0.25) is 9.59 Å². The molecule has 1 aliphatic rings. The van der Waals surface area contributed by atoms with Crippen molar-refractivity contribution in [2.75, 3.05) is 11.9 Å². The summed E-state index contributed by atoms with van der Waals surface area (Å²) in [6.07, 6.45) is 0.406. The van der Waals surface area contributed by atoms with Crippen LogP contribution >= 0.6 is 0 Å². The van der Waals surface area contributed by atoms with Gasteiger partial charge in [-0.25, -0.2) is 0 Å². The Balaban J connectivity index is 1.60. The minimum Gasteiger partial charge on any atom is -0.339 e. The Kier molecular flexibility index (Phi) is 4.59. The summed E-state index contributed by atoms with van der Waals surface area (Å²) in [6, 6.07) is 9.35. The van der Waals surface area contributed by atoms with Gasteiger partial charge in [0.2, 0.25) is 17.7 Å². The Morgan fingerprint density at radius 3 is 2.79 bits per heavy atom. The van der Waals surface area contributed by atoms with E-state index in [1.54, 1.807) is 4.90 Å². The average Bonchev–Trinajstić information content (AvgIpc) is 3.14. The van der Waals surface area contributed by atoms with Crippen LogP contribution in [0.2, 0.25) is 0 Å². The van der Waals surface area contributed by atoms with E-state index in [4.69, 9.17) is 4.52 Å². The topological polar surface area (TPSA) is 88.3 Å². The summed E-state index contributed by atoms with van der Waals surface area (Å²) in [6.45, 7) is 4.54. The molecule has 2 heterocycles. The van der Waals surface area contributed by atoms with Crippen molar-refractivity contribution in [3.63, 3.8) is 0 Å². The lowest BCUT2D eigenvalue weighted by Gasteiger charge is -2.20. The van der Waals surface area contributed by atoms with Crippen LogP contribution in [0.4, 0.5) is 5.69 Å². The lowest BCUT2D eigenvalue weighted by molar-refractivity contribution is -0.129. The van der Waals surface area contributed by atoms with Crippen molar-refractivity contribution in [3.05, 3.63) is 42.0 Å². The van der Waals surface area contributed by atoms with E-state index in [9.17, 15) is 9.59 Å². The van der Waals surface area contributed by atoms with Crippen LogP contribution in [0.15, 0.2) is 34.9 Å². The monoisotopic (exact) mass is 328 g/mol. The van der Waals surface area contributed by atoms with Crippen LogP contribution in [0, 0.1) is 0 Å². The number of nitrogens with one attached hydrogen (secondary N) is 1.